The summed E-state index contributed by atoms with van der Waals surface area (Å²) in [6.45, 7) is 1.03. The van der Waals surface area contributed by atoms with Crippen molar-refractivity contribution < 1.29 is 19.1 Å². The van der Waals surface area contributed by atoms with Gasteiger partial charge in [0, 0.05) is 0 Å². The van der Waals surface area contributed by atoms with Gasteiger partial charge in [-0.1, -0.05) is 30.3 Å². The zero-order valence-corrected chi connectivity index (χ0v) is 10.6. The van der Waals surface area contributed by atoms with E-state index in [-0.39, 0.29) is 0 Å². The average molecular weight is 238 g/mol. The van der Waals surface area contributed by atoms with Crippen LogP contribution in [0.5, 0.6) is 0 Å². The molecule has 0 aliphatic carbocycles. The molecule has 1 rings (SSSR count). The van der Waals surface area contributed by atoms with Crippen LogP contribution in [-0.4, -0.2) is 49.9 Å². The Labute approximate surface area is 102 Å². The fourth-order valence-corrected chi connectivity index (χ4v) is 1.27. The second-order valence-corrected chi connectivity index (χ2v) is 4.99. The zero-order chi connectivity index (χ0) is 12.9. The molecule has 0 aliphatic rings. The van der Waals surface area contributed by atoms with Gasteiger partial charge in [-0.25, -0.2) is 4.79 Å². The van der Waals surface area contributed by atoms with Gasteiger partial charge in [0.2, 0.25) is 0 Å². The van der Waals surface area contributed by atoms with Gasteiger partial charge in [0.25, 0.3) is 0 Å². The quantitative estimate of drug-likeness (QED) is 0.614. The van der Waals surface area contributed by atoms with Crippen molar-refractivity contribution in [2.75, 3.05) is 34.3 Å². The number of esters is 1. The van der Waals surface area contributed by atoms with Gasteiger partial charge in [-0.2, -0.15) is 0 Å². The van der Waals surface area contributed by atoms with Crippen LogP contribution in [0, 0.1) is 0 Å². The summed E-state index contributed by atoms with van der Waals surface area (Å²) in [6.07, 6.45) is -1.19. The van der Waals surface area contributed by atoms with Crippen molar-refractivity contribution in [2.45, 2.75) is 6.10 Å². The van der Waals surface area contributed by atoms with Crippen LogP contribution in [0.1, 0.15) is 11.7 Å². The fraction of sp³-hybridized carbons (Fsp3) is 0.462. The summed E-state index contributed by atoms with van der Waals surface area (Å²) < 4.78 is 5.75. The predicted octanol–water partition coefficient (Wildman–Crippen LogP) is 0.969. The summed E-state index contributed by atoms with van der Waals surface area (Å²) >= 11 is 0. The Hall–Kier alpha value is -1.39. The fourth-order valence-electron chi connectivity index (χ4n) is 1.27. The Kier molecular flexibility index (Phi) is 4.66. The third-order valence-electron chi connectivity index (χ3n) is 2.34. The molecule has 1 N–H and O–H groups in total. The first-order valence-electron chi connectivity index (χ1n) is 5.60. The molecule has 1 aromatic rings. The molecule has 94 valence electrons. The van der Waals surface area contributed by atoms with Crippen molar-refractivity contribution >= 4 is 5.97 Å². The Morgan fingerprint density at radius 2 is 1.88 bits per heavy atom. The molecule has 0 radical (unpaired) electrons. The molecule has 1 aromatic carbocycles. The number of benzene rings is 1. The van der Waals surface area contributed by atoms with Crippen LogP contribution in [0.3, 0.4) is 0 Å². The molecule has 1 atom stereocenters. The standard InChI is InChI=1S/C13H20NO3/c1-14(2,3)9-10-17-13(16)12(15)11-7-5-4-6-8-11/h4-8,12,15H,9-10H2,1-3H3/q+1. The van der Waals surface area contributed by atoms with E-state index in [0.717, 1.165) is 0 Å². The van der Waals surface area contributed by atoms with Gasteiger partial charge in [0.15, 0.2) is 6.10 Å². The molecule has 0 aromatic heterocycles. The minimum atomic E-state index is -1.19. The number of nitrogens with zero attached hydrogens (tertiary/aromatic N) is 1. The molecule has 0 amide bonds. The van der Waals surface area contributed by atoms with Crippen molar-refractivity contribution in [3.63, 3.8) is 0 Å². The molecule has 0 fully saturated rings. The van der Waals surface area contributed by atoms with Gasteiger partial charge in [-0.3, -0.25) is 0 Å². The Morgan fingerprint density at radius 3 is 2.41 bits per heavy atom. The van der Waals surface area contributed by atoms with Crippen LogP contribution in [0.25, 0.3) is 0 Å². The Bertz CT molecular complexity index is 357. The number of aliphatic hydroxyl groups is 1. The SMILES string of the molecule is C[N+](C)(C)CCOC(=O)C(O)c1ccccc1. The molecule has 4 nitrogen and oxygen atoms in total. The third kappa shape index (κ3) is 4.97. The van der Waals surface area contributed by atoms with Gasteiger partial charge < -0.3 is 14.3 Å². The lowest BCUT2D eigenvalue weighted by molar-refractivity contribution is -0.870. The summed E-state index contributed by atoms with van der Waals surface area (Å²) in [5.74, 6) is -0.593. The smallest absolute Gasteiger partial charge is 0.339 e. The topological polar surface area (TPSA) is 46.5 Å². The van der Waals surface area contributed by atoms with Gasteiger partial charge in [0.05, 0.1) is 21.1 Å². The number of carbonyl (C=O) groups is 1. The maximum absolute atomic E-state index is 11.6. The predicted molar refractivity (Wildman–Crippen MR) is 65.3 cm³/mol. The van der Waals surface area contributed by atoms with E-state index in [1.807, 2.05) is 27.2 Å². The van der Waals surface area contributed by atoms with Crippen LogP contribution in [-0.2, 0) is 9.53 Å². The van der Waals surface area contributed by atoms with E-state index in [1.165, 1.54) is 0 Å². The van der Waals surface area contributed by atoms with Crippen molar-refractivity contribution in [3.05, 3.63) is 35.9 Å². The van der Waals surface area contributed by atoms with E-state index in [2.05, 4.69) is 0 Å². The van der Waals surface area contributed by atoms with Gasteiger partial charge in [-0.15, -0.1) is 0 Å². The largest absolute Gasteiger partial charge is 0.458 e. The van der Waals surface area contributed by atoms with E-state index < -0.39 is 12.1 Å². The number of hydrogen-bond acceptors (Lipinski definition) is 3. The first kappa shape index (κ1) is 13.7. The van der Waals surface area contributed by atoms with Gasteiger partial charge in [-0.05, 0) is 5.56 Å². The lowest BCUT2D eigenvalue weighted by atomic mass is 10.1. The molecule has 0 saturated heterocycles. The highest BCUT2D eigenvalue weighted by molar-refractivity contribution is 5.76. The Balaban J connectivity index is 2.43. The Morgan fingerprint density at radius 1 is 1.29 bits per heavy atom. The summed E-state index contributed by atoms with van der Waals surface area (Å²) in [5, 5.41) is 9.74. The number of likely N-dealkylation sites (N-methyl/N-ethyl adjacent to an activating group) is 1. The number of quaternary nitrogens is 1. The minimum Gasteiger partial charge on any atom is -0.458 e. The second kappa shape index (κ2) is 5.80. The molecule has 4 heteroatoms. The van der Waals surface area contributed by atoms with Crippen LogP contribution in [0.2, 0.25) is 0 Å². The van der Waals surface area contributed by atoms with E-state index in [4.69, 9.17) is 4.74 Å². The van der Waals surface area contributed by atoms with Crippen LogP contribution in [0.15, 0.2) is 30.3 Å². The lowest BCUT2D eigenvalue weighted by Gasteiger charge is -2.23. The highest BCUT2D eigenvalue weighted by Gasteiger charge is 2.19. The minimum absolute atomic E-state index is 0.312. The molecule has 0 bridgehead atoms. The molecule has 0 heterocycles. The van der Waals surface area contributed by atoms with Gasteiger partial charge in [0.1, 0.15) is 13.2 Å². The maximum atomic E-state index is 11.6. The van der Waals surface area contributed by atoms with Gasteiger partial charge >= 0.3 is 5.97 Å². The summed E-state index contributed by atoms with van der Waals surface area (Å²) in [6, 6.07) is 8.78. The van der Waals surface area contributed by atoms with E-state index in [0.29, 0.717) is 23.2 Å². The first-order valence-corrected chi connectivity index (χ1v) is 5.60. The second-order valence-electron chi connectivity index (χ2n) is 4.99. The lowest BCUT2D eigenvalue weighted by Crippen LogP contribution is -2.38. The summed E-state index contributed by atoms with van der Waals surface area (Å²) in [4.78, 5) is 11.6. The molecule has 0 aliphatic heterocycles. The summed E-state index contributed by atoms with van der Waals surface area (Å²) in [5.41, 5.74) is 0.558. The number of rotatable bonds is 5. The molecular formula is C13H20NO3+. The monoisotopic (exact) mass is 238 g/mol. The van der Waals surface area contributed by atoms with E-state index in [1.54, 1.807) is 24.3 Å². The number of aliphatic hydroxyl groups excluding tert-OH is 1. The molecule has 0 spiro atoms. The zero-order valence-electron chi connectivity index (χ0n) is 10.6. The van der Waals surface area contributed by atoms with E-state index >= 15 is 0 Å². The molecule has 1 unspecified atom stereocenters. The first-order chi connectivity index (χ1) is 7.90. The number of hydrogen-bond donors (Lipinski definition) is 1. The van der Waals surface area contributed by atoms with Crippen LogP contribution < -0.4 is 0 Å². The highest BCUT2D eigenvalue weighted by atomic mass is 16.5. The van der Waals surface area contributed by atoms with E-state index in [9.17, 15) is 9.90 Å². The van der Waals surface area contributed by atoms with Crippen molar-refractivity contribution in [3.8, 4) is 0 Å². The molecule has 0 saturated carbocycles. The third-order valence-corrected chi connectivity index (χ3v) is 2.34. The van der Waals surface area contributed by atoms with Crippen LogP contribution in [0.4, 0.5) is 0 Å². The highest BCUT2D eigenvalue weighted by Crippen LogP contribution is 2.13. The normalized spacial score (nSPS) is 13.2. The van der Waals surface area contributed by atoms with Crippen molar-refractivity contribution in [1.82, 2.24) is 0 Å². The maximum Gasteiger partial charge on any atom is 0.339 e. The van der Waals surface area contributed by atoms with Crippen molar-refractivity contribution in [1.29, 1.82) is 0 Å². The average Bonchev–Trinajstić information content (AvgIpc) is 2.27. The van der Waals surface area contributed by atoms with Crippen molar-refractivity contribution in [2.24, 2.45) is 0 Å². The van der Waals surface area contributed by atoms with Crippen LogP contribution >= 0.6 is 0 Å². The molecular weight excluding hydrogens is 218 g/mol. The number of ether oxygens (including phenoxy) is 1. The molecule has 17 heavy (non-hydrogen) atoms. The summed E-state index contributed by atoms with van der Waals surface area (Å²) in [7, 11) is 6.05. The number of carbonyl (C=O) groups excluding carboxylic acids is 1.